The fraction of sp³-hybridized carbons (Fsp3) is 0.600. The molecule has 0 unspecified atom stereocenters. The van der Waals surface area contributed by atoms with E-state index in [9.17, 15) is 0 Å². The van der Waals surface area contributed by atoms with Crippen molar-refractivity contribution in [2.24, 2.45) is 0 Å². The zero-order valence-electron chi connectivity index (χ0n) is 10.2. The largest absolute Gasteiger partial charge is 0.498 e. The molecule has 2 heterocycles. The first-order valence-electron chi connectivity index (χ1n) is 5.03. The Kier molecular flexibility index (Phi) is 3.37. The van der Waals surface area contributed by atoms with E-state index < -0.39 is 0 Å². The maximum Gasteiger partial charge on any atom is 0.498 e. The lowest BCUT2D eigenvalue weighted by Gasteiger charge is -2.32. The van der Waals surface area contributed by atoms with E-state index in [1.54, 1.807) is 12.4 Å². The number of hydrogen-bond donors (Lipinski definition) is 1. The van der Waals surface area contributed by atoms with Crippen LogP contribution in [0.2, 0.25) is 0 Å². The minimum absolute atomic E-state index is 0. The fourth-order valence-electron chi connectivity index (χ4n) is 1.41. The van der Waals surface area contributed by atoms with E-state index in [0.717, 1.165) is 5.46 Å². The lowest BCUT2D eigenvalue weighted by molar-refractivity contribution is 0.00578. The van der Waals surface area contributed by atoms with Crippen LogP contribution in [-0.2, 0) is 9.31 Å². The molecule has 1 aromatic rings. The van der Waals surface area contributed by atoms with Gasteiger partial charge in [0, 0.05) is 17.9 Å². The lowest BCUT2D eigenvalue weighted by Crippen LogP contribution is -2.41. The third-order valence-electron chi connectivity index (χ3n) is 3.11. The molecule has 16 heavy (non-hydrogen) atoms. The molecule has 0 atom stereocenters. The van der Waals surface area contributed by atoms with Crippen LogP contribution in [0, 0.1) is 0 Å². The average Bonchev–Trinajstić information content (AvgIpc) is 2.38. The van der Waals surface area contributed by atoms with Gasteiger partial charge < -0.3 is 15.5 Å². The van der Waals surface area contributed by atoms with Gasteiger partial charge in [0.1, 0.15) is 6.33 Å². The quantitative estimate of drug-likeness (QED) is 0.716. The van der Waals surface area contributed by atoms with E-state index in [4.69, 9.17) is 9.31 Å². The summed E-state index contributed by atoms with van der Waals surface area (Å²) in [4.78, 5) is 7.91. The minimum atomic E-state index is -0.365. The van der Waals surface area contributed by atoms with E-state index in [2.05, 4.69) is 9.97 Å². The monoisotopic (exact) mass is 223 g/mol. The zero-order chi connectivity index (χ0) is 11.1. The fourth-order valence-corrected chi connectivity index (χ4v) is 1.41. The highest BCUT2D eigenvalue weighted by Crippen LogP contribution is 2.36. The highest BCUT2D eigenvalue weighted by Gasteiger charge is 2.51. The van der Waals surface area contributed by atoms with Gasteiger partial charge in [-0.25, -0.2) is 9.97 Å². The first-order chi connectivity index (χ1) is 6.92. The van der Waals surface area contributed by atoms with Crippen LogP contribution in [0.5, 0.6) is 0 Å². The maximum absolute atomic E-state index is 5.85. The van der Waals surface area contributed by atoms with Crippen molar-refractivity contribution in [3.05, 3.63) is 18.7 Å². The normalized spacial score (nSPS) is 21.6. The van der Waals surface area contributed by atoms with Crippen LogP contribution in [-0.4, -0.2) is 28.3 Å². The number of nitrogens with zero attached hydrogens (tertiary/aromatic N) is 2. The topological polar surface area (TPSA) is 79.2 Å². The molecule has 88 valence electrons. The summed E-state index contributed by atoms with van der Waals surface area (Å²) in [6, 6.07) is 0. The SMILES string of the molecule is CC1(C)OB(c2cncnc2)OC1(C)C.N. The minimum Gasteiger partial charge on any atom is -0.399 e. The van der Waals surface area contributed by atoms with Gasteiger partial charge in [-0.1, -0.05) is 0 Å². The average molecular weight is 223 g/mol. The summed E-state index contributed by atoms with van der Waals surface area (Å²) in [7, 11) is -0.365. The third-order valence-corrected chi connectivity index (χ3v) is 3.11. The molecule has 1 fully saturated rings. The second-order valence-corrected chi connectivity index (χ2v) is 4.76. The lowest BCUT2D eigenvalue weighted by atomic mass is 9.81. The van der Waals surface area contributed by atoms with Crippen LogP contribution in [0.4, 0.5) is 0 Å². The standard InChI is InChI=1S/C10H15BN2O2.H3N/c1-9(2)10(3,4)15-11(14-9)8-5-12-7-13-6-8;/h5-7H,1-4H3;1H3. The van der Waals surface area contributed by atoms with Crippen molar-refractivity contribution in [1.82, 2.24) is 16.1 Å². The molecule has 0 saturated carbocycles. The molecular formula is C10H18BN3O2. The van der Waals surface area contributed by atoms with E-state index in [1.807, 2.05) is 27.7 Å². The molecule has 0 aliphatic carbocycles. The Morgan fingerprint density at radius 1 is 1.00 bits per heavy atom. The van der Waals surface area contributed by atoms with Gasteiger partial charge in [-0.3, -0.25) is 0 Å². The Morgan fingerprint density at radius 3 is 1.88 bits per heavy atom. The molecule has 0 amide bonds. The van der Waals surface area contributed by atoms with Crippen LogP contribution < -0.4 is 11.6 Å². The van der Waals surface area contributed by atoms with Crippen molar-refractivity contribution in [3.63, 3.8) is 0 Å². The van der Waals surface area contributed by atoms with Gasteiger partial charge in [0.05, 0.1) is 11.2 Å². The third kappa shape index (κ3) is 2.09. The van der Waals surface area contributed by atoms with Crippen LogP contribution >= 0.6 is 0 Å². The summed E-state index contributed by atoms with van der Waals surface area (Å²) in [6.07, 6.45) is 4.93. The van der Waals surface area contributed by atoms with Gasteiger partial charge in [0.15, 0.2) is 0 Å². The molecule has 0 radical (unpaired) electrons. The van der Waals surface area contributed by atoms with E-state index in [0.29, 0.717) is 0 Å². The molecule has 0 bridgehead atoms. The highest BCUT2D eigenvalue weighted by molar-refractivity contribution is 6.61. The van der Waals surface area contributed by atoms with Crippen LogP contribution in [0.25, 0.3) is 0 Å². The maximum atomic E-state index is 5.85. The predicted octanol–water partition coefficient (Wildman–Crippen LogP) is 0.938. The Hall–Kier alpha value is -0.975. The van der Waals surface area contributed by atoms with E-state index in [-0.39, 0.29) is 24.5 Å². The summed E-state index contributed by atoms with van der Waals surface area (Å²) in [5.41, 5.74) is 0.234. The first-order valence-corrected chi connectivity index (χ1v) is 5.03. The Morgan fingerprint density at radius 2 is 1.44 bits per heavy atom. The van der Waals surface area contributed by atoms with Crippen molar-refractivity contribution >= 4 is 12.6 Å². The van der Waals surface area contributed by atoms with Crippen LogP contribution in [0.3, 0.4) is 0 Å². The predicted molar refractivity (Wildman–Crippen MR) is 62.8 cm³/mol. The second-order valence-electron chi connectivity index (χ2n) is 4.76. The van der Waals surface area contributed by atoms with Crippen molar-refractivity contribution in [2.45, 2.75) is 38.9 Å². The summed E-state index contributed by atoms with van der Waals surface area (Å²) in [6.45, 7) is 8.10. The van der Waals surface area contributed by atoms with Gasteiger partial charge in [0.25, 0.3) is 0 Å². The summed E-state index contributed by atoms with van der Waals surface area (Å²) < 4.78 is 11.7. The molecule has 0 aromatic carbocycles. The van der Waals surface area contributed by atoms with Gasteiger partial charge in [0.2, 0.25) is 0 Å². The van der Waals surface area contributed by atoms with Crippen LogP contribution in [0.15, 0.2) is 18.7 Å². The molecule has 6 heteroatoms. The Balaban J connectivity index is 0.00000128. The van der Waals surface area contributed by atoms with Gasteiger partial charge >= 0.3 is 7.12 Å². The van der Waals surface area contributed by atoms with Crippen molar-refractivity contribution < 1.29 is 9.31 Å². The molecule has 1 aromatic heterocycles. The molecule has 0 spiro atoms. The van der Waals surface area contributed by atoms with Crippen molar-refractivity contribution in [1.29, 1.82) is 0 Å². The number of aromatic nitrogens is 2. The molecule has 2 rings (SSSR count). The number of rotatable bonds is 1. The summed E-state index contributed by atoms with van der Waals surface area (Å²) in [5.74, 6) is 0. The molecular weight excluding hydrogens is 205 g/mol. The second kappa shape index (κ2) is 4.12. The molecule has 1 aliphatic rings. The molecule has 1 aliphatic heterocycles. The van der Waals surface area contributed by atoms with Gasteiger partial charge in [-0.05, 0) is 27.7 Å². The molecule has 5 nitrogen and oxygen atoms in total. The summed E-state index contributed by atoms with van der Waals surface area (Å²) >= 11 is 0. The van der Waals surface area contributed by atoms with E-state index >= 15 is 0 Å². The zero-order valence-corrected chi connectivity index (χ0v) is 10.2. The molecule has 1 saturated heterocycles. The van der Waals surface area contributed by atoms with E-state index in [1.165, 1.54) is 6.33 Å². The van der Waals surface area contributed by atoms with Crippen molar-refractivity contribution in [3.8, 4) is 0 Å². The summed E-state index contributed by atoms with van der Waals surface area (Å²) in [5, 5.41) is 0. The smallest absolute Gasteiger partial charge is 0.399 e. The van der Waals surface area contributed by atoms with Crippen molar-refractivity contribution in [2.75, 3.05) is 0 Å². The first kappa shape index (κ1) is 13.1. The highest BCUT2D eigenvalue weighted by atomic mass is 16.7. The van der Waals surface area contributed by atoms with Crippen LogP contribution in [0.1, 0.15) is 27.7 Å². The van der Waals surface area contributed by atoms with Gasteiger partial charge in [-0.2, -0.15) is 0 Å². The number of hydrogen-bond acceptors (Lipinski definition) is 5. The Bertz CT molecular complexity index is 340. The van der Waals surface area contributed by atoms with Gasteiger partial charge in [-0.15, -0.1) is 0 Å². The Labute approximate surface area is 96.3 Å². The molecule has 3 N–H and O–H groups in total.